The number of allylic oxidation sites excluding steroid dienone is 5. The lowest BCUT2D eigenvalue weighted by atomic mass is 10.0. The van der Waals surface area contributed by atoms with Crippen LogP contribution in [-0.4, -0.2) is 47.4 Å². The first-order chi connectivity index (χ1) is 34.0. The highest BCUT2D eigenvalue weighted by atomic mass is 16.5. The summed E-state index contributed by atoms with van der Waals surface area (Å²) in [4.78, 5) is 24.5. The molecular formula is C63H119NO5. The van der Waals surface area contributed by atoms with Gasteiger partial charge in [-0.3, -0.25) is 9.59 Å². The SMILES string of the molecule is CCCCCCC/C=C\CCCCCCCC(=O)OCCCCCCCCCC/C=C\CCCCCCCCCC(=O)NC(CO)C(O)/C=C/CCCCCCCCCCCCCCCCCCC. The van der Waals surface area contributed by atoms with Crippen molar-refractivity contribution in [3.05, 3.63) is 36.5 Å². The molecule has 0 aliphatic rings. The maximum atomic E-state index is 12.5. The molecule has 6 heteroatoms. The lowest BCUT2D eigenvalue weighted by Gasteiger charge is -2.20. The second kappa shape index (κ2) is 58.6. The molecule has 0 aromatic carbocycles. The van der Waals surface area contributed by atoms with Crippen molar-refractivity contribution in [2.45, 2.75) is 341 Å². The fraction of sp³-hybridized carbons (Fsp3) is 0.873. The van der Waals surface area contributed by atoms with E-state index in [-0.39, 0.29) is 18.5 Å². The Kier molecular flexibility index (Phi) is 57.0. The molecule has 0 radical (unpaired) electrons. The minimum atomic E-state index is -0.852. The first-order valence-corrected chi connectivity index (χ1v) is 30.8. The van der Waals surface area contributed by atoms with Crippen LogP contribution in [-0.2, 0) is 14.3 Å². The van der Waals surface area contributed by atoms with E-state index in [1.165, 1.54) is 250 Å². The monoisotopic (exact) mass is 970 g/mol. The number of hydrogen-bond acceptors (Lipinski definition) is 5. The first kappa shape index (κ1) is 67.1. The van der Waals surface area contributed by atoms with Crippen LogP contribution in [0.4, 0.5) is 0 Å². The number of ether oxygens (including phenoxy) is 1. The summed E-state index contributed by atoms with van der Waals surface area (Å²) >= 11 is 0. The van der Waals surface area contributed by atoms with Gasteiger partial charge in [0.05, 0.1) is 25.4 Å². The zero-order chi connectivity index (χ0) is 50.0. The minimum Gasteiger partial charge on any atom is -0.466 e. The normalized spacial score (nSPS) is 12.8. The molecule has 0 heterocycles. The summed E-state index contributed by atoms with van der Waals surface area (Å²) in [5.74, 6) is -0.0811. The zero-order valence-electron chi connectivity index (χ0n) is 46.3. The lowest BCUT2D eigenvalue weighted by molar-refractivity contribution is -0.143. The molecule has 6 nitrogen and oxygen atoms in total. The zero-order valence-corrected chi connectivity index (χ0v) is 46.3. The maximum absolute atomic E-state index is 12.5. The van der Waals surface area contributed by atoms with E-state index >= 15 is 0 Å². The molecule has 0 saturated carbocycles. The van der Waals surface area contributed by atoms with Crippen LogP contribution in [0, 0.1) is 0 Å². The number of carbonyl (C=O) groups excluding carboxylic acids is 2. The van der Waals surface area contributed by atoms with Gasteiger partial charge in [0.25, 0.3) is 0 Å². The van der Waals surface area contributed by atoms with Crippen molar-refractivity contribution in [1.29, 1.82) is 0 Å². The quantitative estimate of drug-likeness (QED) is 0.0321. The summed E-state index contributed by atoms with van der Waals surface area (Å²) in [6.07, 6.45) is 73.2. The summed E-state index contributed by atoms with van der Waals surface area (Å²) in [5.41, 5.74) is 0. The molecule has 0 bridgehead atoms. The molecule has 0 spiro atoms. The maximum Gasteiger partial charge on any atom is 0.305 e. The summed E-state index contributed by atoms with van der Waals surface area (Å²) < 4.78 is 5.47. The van der Waals surface area contributed by atoms with E-state index < -0.39 is 12.1 Å². The minimum absolute atomic E-state index is 0.00528. The highest BCUT2D eigenvalue weighted by Gasteiger charge is 2.18. The summed E-state index contributed by atoms with van der Waals surface area (Å²) in [6, 6.07) is -0.636. The second-order valence-corrected chi connectivity index (χ2v) is 21.0. The number of aliphatic hydroxyl groups is 2. The van der Waals surface area contributed by atoms with E-state index in [1.54, 1.807) is 6.08 Å². The van der Waals surface area contributed by atoms with Crippen molar-refractivity contribution in [2.24, 2.45) is 0 Å². The van der Waals surface area contributed by atoms with Gasteiger partial charge < -0.3 is 20.3 Å². The van der Waals surface area contributed by atoms with Gasteiger partial charge >= 0.3 is 5.97 Å². The third-order valence-electron chi connectivity index (χ3n) is 14.1. The Labute approximate surface area is 430 Å². The van der Waals surface area contributed by atoms with Crippen molar-refractivity contribution in [3.63, 3.8) is 0 Å². The number of nitrogens with one attached hydrogen (secondary N) is 1. The highest BCUT2D eigenvalue weighted by Crippen LogP contribution is 2.17. The van der Waals surface area contributed by atoms with Crippen LogP contribution in [0.1, 0.15) is 328 Å². The van der Waals surface area contributed by atoms with E-state index in [4.69, 9.17) is 4.74 Å². The average Bonchev–Trinajstić information content (AvgIpc) is 3.35. The van der Waals surface area contributed by atoms with Crippen LogP contribution in [0.2, 0.25) is 0 Å². The van der Waals surface area contributed by atoms with Crippen molar-refractivity contribution < 1.29 is 24.5 Å². The number of rotatable bonds is 57. The smallest absolute Gasteiger partial charge is 0.305 e. The molecule has 0 saturated heterocycles. The van der Waals surface area contributed by atoms with Crippen LogP contribution in [0.5, 0.6) is 0 Å². The van der Waals surface area contributed by atoms with Crippen LogP contribution in [0.3, 0.4) is 0 Å². The second-order valence-electron chi connectivity index (χ2n) is 21.0. The number of amides is 1. The van der Waals surface area contributed by atoms with Gasteiger partial charge in [-0.2, -0.15) is 0 Å². The summed E-state index contributed by atoms with van der Waals surface area (Å²) in [7, 11) is 0. The highest BCUT2D eigenvalue weighted by molar-refractivity contribution is 5.76. The predicted molar refractivity (Wildman–Crippen MR) is 301 cm³/mol. The van der Waals surface area contributed by atoms with E-state index in [1.807, 2.05) is 6.08 Å². The average molecular weight is 971 g/mol. The van der Waals surface area contributed by atoms with Crippen molar-refractivity contribution in [1.82, 2.24) is 5.32 Å². The first-order valence-electron chi connectivity index (χ1n) is 30.8. The van der Waals surface area contributed by atoms with Gasteiger partial charge in [0.15, 0.2) is 0 Å². The molecule has 2 unspecified atom stereocenters. The Hall–Kier alpha value is -1.92. The number of esters is 1. The third-order valence-corrected chi connectivity index (χ3v) is 14.1. The fourth-order valence-electron chi connectivity index (χ4n) is 9.39. The molecule has 406 valence electrons. The molecule has 0 aromatic rings. The van der Waals surface area contributed by atoms with Crippen LogP contribution in [0.25, 0.3) is 0 Å². The van der Waals surface area contributed by atoms with Crippen molar-refractivity contribution in [3.8, 4) is 0 Å². The Morgan fingerprint density at radius 3 is 1.03 bits per heavy atom. The Bertz CT molecular complexity index is 1120. The van der Waals surface area contributed by atoms with Gasteiger partial charge in [-0.05, 0) is 83.5 Å². The summed E-state index contributed by atoms with van der Waals surface area (Å²) in [5, 5.41) is 23.2. The number of hydrogen-bond donors (Lipinski definition) is 3. The molecule has 0 aromatic heterocycles. The fourth-order valence-corrected chi connectivity index (χ4v) is 9.39. The van der Waals surface area contributed by atoms with E-state index in [0.29, 0.717) is 19.4 Å². The van der Waals surface area contributed by atoms with Crippen molar-refractivity contribution in [2.75, 3.05) is 13.2 Å². The molecule has 2 atom stereocenters. The molecule has 0 aliphatic heterocycles. The standard InChI is InChI=1S/C63H119NO5/c1-3-5-7-9-11-13-15-17-19-20-22-25-28-31-35-39-43-47-51-55-61(66)60(59-65)64-62(67)56-52-48-44-40-36-32-29-26-23-21-24-27-30-34-38-42-46-50-54-58-69-63(68)57-53-49-45-41-37-33-18-16-14-12-10-8-6-4-2/h16,18,21,23,51,55,60-61,65-66H,3-15,17,19-20,22,24-50,52-54,56-59H2,1-2H3,(H,64,67)/b18-16-,23-21-,55-51+. The molecule has 0 aliphatic carbocycles. The largest absolute Gasteiger partial charge is 0.466 e. The predicted octanol–water partition coefficient (Wildman–Crippen LogP) is 19.2. The number of aliphatic hydroxyl groups excluding tert-OH is 2. The van der Waals surface area contributed by atoms with E-state index in [9.17, 15) is 19.8 Å². The van der Waals surface area contributed by atoms with Gasteiger partial charge in [-0.15, -0.1) is 0 Å². The molecule has 0 rings (SSSR count). The van der Waals surface area contributed by atoms with Crippen LogP contribution in [0.15, 0.2) is 36.5 Å². The van der Waals surface area contributed by atoms with E-state index in [2.05, 4.69) is 43.5 Å². The van der Waals surface area contributed by atoms with Gasteiger partial charge in [-0.25, -0.2) is 0 Å². The van der Waals surface area contributed by atoms with Gasteiger partial charge in [-0.1, -0.05) is 269 Å². The Morgan fingerprint density at radius 1 is 0.391 bits per heavy atom. The van der Waals surface area contributed by atoms with Crippen LogP contribution < -0.4 is 5.32 Å². The molecule has 3 N–H and O–H groups in total. The number of carbonyl (C=O) groups is 2. The topological polar surface area (TPSA) is 95.9 Å². The third kappa shape index (κ3) is 55.2. The van der Waals surface area contributed by atoms with Crippen LogP contribution >= 0.6 is 0 Å². The Morgan fingerprint density at radius 2 is 0.681 bits per heavy atom. The van der Waals surface area contributed by atoms with Crippen molar-refractivity contribution >= 4 is 11.9 Å². The van der Waals surface area contributed by atoms with Gasteiger partial charge in [0.2, 0.25) is 5.91 Å². The number of unbranched alkanes of at least 4 members (excludes halogenated alkanes) is 42. The lowest BCUT2D eigenvalue weighted by Crippen LogP contribution is -2.45. The Balaban J connectivity index is 3.48. The molecular weight excluding hydrogens is 851 g/mol. The molecule has 69 heavy (non-hydrogen) atoms. The van der Waals surface area contributed by atoms with Gasteiger partial charge in [0.1, 0.15) is 0 Å². The van der Waals surface area contributed by atoms with Gasteiger partial charge in [0, 0.05) is 12.8 Å². The molecule has 0 fully saturated rings. The summed E-state index contributed by atoms with van der Waals surface area (Å²) in [6.45, 7) is 4.89. The molecule has 1 amide bonds. The van der Waals surface area contributed by atoms with E-state index in [0.717, 1.165) is 51.4 Å².